The summed E-state index contributed by atoms with van der Waals surface area (Å²) < 4.78 is 0. The molecule has 0 amide bonds. The number of non-ortho nitro benzene ring substituents is 1. The third-order valence-electron chi connectivity index (χ3n) is 3.56. The molecule has 0 unspecified atom stereocenters. The number of hydrazone groups is 1. The van der Waals surface area contributed by atoms with E-state index in [0.29, 0.717) is 5.52 Å². The van der Waals surface area contributed by atoms with Crippen LogP contribution < -0.4 is 11.0 Å². The number of aromatic nitrogens is 1. The summed E-state index contributed by atoms with van der Waals surface area (Å²) in [7, 11) is 0. The van der Waals surface area contributed by atoms with Crippen LogP contribution in [0.4, 0.5) is 17.1 Å². The van der Waals surface area contributed by atoms with Crippen molar-refractivity contribution in [3.05, 3.63) is 84.7 Å². The van der Waals surface area contributed by atoms with E-state index >= 15 is 0 Å². The van der Waals surface area contributed by atoms with E-state index < -0.39 is 21.2 Å². The third-order valence-corrected chi connectivity index (χ3v) is 3.56. The first-order valence-corrected chi connectivity index (χ1v) is 7.29. The van der Waals surface area contributed by atoms with Crippen molar-refractivity contribution in [3.63, 3.8) is 0 Å². The second-order valence-electron chi connectivity index (χ2n) is 5.23. The third kappa shape index (κ3) is 3.38. The number of aromatic amines is 1. The maximum atomic E-state index is 12.0. The Morgan fingerprint density at radius 2 is 1.81 bits per heavy atom. The average molecular weight is 353 g/mol. The first-order chi connectivity index (χ1) is 12.5. The zero-order valence-electron chi connectivity index (χ0n) is 13.1. The molecule has 0 atom stereocenters. The summed E-state index contributed by atoms with van der Waals surface area (Å²) in [6.07, 6.45) is 1.22. The first-order valence-electron chi connectivity index (χ1n) is 7.29. The molecule has 3 rings (SSSR count). The molecule has 0 fully saturated rings. The molecular formula is C16H11N5O5. The van der Waals surface area contributed by atoms with E-state index in [1.807, 2.05) is 12.1 Å². The monoisotopic (exact) mass is 353 g/mol. The van der Waals surface area contributed by atoms with E-state index in [-0.39, 0.29) is 16.8 Å². The van der Waals surface area contributed by atoms with Gasteiger partial charge in [-0.15, -0.1) is 0 Å². The Bertz CT molecular complexity index is 1110. The summed E-state index contributed by atoms with van der Waals surface area (Å²) >= 11 is 0. The predicted octanol–water partition coefficient (Wildman–Crippen LogP) is 2.79. The van der Waals surface area contributed by atoms with Gasteiger partial charge in [0.25, 0.3) is 11.2 Å². The lowest BCUT2D eigenvalue weighted by Gasteiger charge is -2.02. The van der Waals surface area contributed by atoms with Gasteiger partial charge < -0.3 is 4.98 Å². The van der Waals surface area contributed by atoms with Gasteiger partial charge in [0.05, 0.1) is 27.7 Å². The van der Waals surface area contributed by atoms with Crippen LogP contribution in [-0.4, -0.2) is 21.0 Å². The van der Waals surface area contributed by atoms with Crippen LogP contribution in [0.5, 0.6) is 0 Å². The van der Waals surface area contributed by atoms with Crippen molar-refractivity contribution in [2.45, 2.75) is 0 Å². The summed E-state index contributed by atoms with van der Waals surface area (Å²) in [4.78, 5) is 35.0. The average Bonchev–Trinajstić information content (AvgIpc) is 2.62. The van der Waals surface area contributed by atoms with Gasteiger partial charge in [0.15, 0.2) is 0 Å². The minimum Gasteiger partial charge on any atom is -0.321 e. The summed E-state index contributed by atoms with van der Waals surface area (Å²) in [5.41, 5.74) is 2.06. The zero-order valence-corrected chi connectivity index (χ0v) is 13.1. The first kappa shape index (κ1) is 16.8. The fourth-order valence-electron chi connectivity index (χ4n) is 2.31. The van der Waals surface area contributed by atoms with E-state index in [1.165, 1.54) is 12.3 Å². The minimum atomic E-state index is -0.756. The maximum Gasteiger partial charge on any atom is 0.301 e. The van der Waals surface area contributed by atoms with Gasteiger partial charge in [-0.3, -0.25) is 30.4 Å². The molecule has 10 heteroatoms. The molecular weight excluding hydrogens is 342 g/mol. The lowest BCUT2D eigenvalue weighted by Crippen LogP contribution is -2.12. The largest absolute Gasteiger partial charge is 0.321 e. The number of para-hydroxylation sites is 1. The van der Waals surface area contributed by atoms with E-state index in [9.17, 15) is 25.0 Å². The molecule has 0 spiro atoms. The lowest BCUT2D eigenvalue weighted by molar-refractivity contribution is -0.393. The second kappa shape index (κ2) is 6.81. The normalized spacial score (nSPS) is 10.9. The van der Waals surface area contributed by atoms with Crippen molar-refractivity contribution >= 4 is 34.2 Å². The van der Waals surface area contributed by atoms with Gasteiger partial charge in [-0.1, -0.05) is 18.2 Å². The molecule has 0 saturated carbocycles. The Morgan fingerprint density at radius 1 is 1.04 bits per heavy atom. The van der Waals surface area contributed by atoms with Crippen LogP contribution in [0.25, 0.3) is 10.9 Å². The van der Waals surface area contributed by atoms with E-state index in [1.54, 1.807) is 18.2 Å². The molecule has 1 aromatic heterocycles. The summed E-state index contributed by atoms with van der Waals surface area (Å²) in [5.74, 6) is 0. The molecule has 2 N–H and O–H groups in total. The molecule has 0 bridgehead atoms. The SMILES string of the molecule is O=c1[nH]c2ccccc2cc1/C=N/Nc1ccc([N+](=O)[O-])cc1[N+](=O)[O-]. The Labute approximate surface area is 145 Å². The number of benzene rings is 2. The molecule has 1 heterocycles. The number of nitro groups is 2. The van der Waals surface area contributed by atoms with Crippen LogP contribution in [0.3, 0.4) is 0 Å². The number of hydrogen-bond donors (Lipinski definition) is 2. The molecule has 3 aromatic rings. The van der Waals surface area contributed by atoms with Gasteiger partial charge in [0.1, 0.15) is 5.69 Å². The maximum absolute atomic E-state index is 12.0. The molecule has 0 aliphatic carbocycles. The highest BCUT2D eigenvalue weighted by molar-refractivity contribution is 5.88. The number of anilines is 1. The molecule has 0 radical (unpaired) electrons. The van der Waals surface area contributed by atoms with Crippen LogP contribution >= 0.6 is 0 Å². The predicted molar refractivity (Wildman–Crippen MR) is 95.5 cm³/mol. The number of pyridine rings is 1. The number of hydrogen-bond acceptors (Lipinski definition) is 7. The zero-order chi connectivity index (χ0) is 18.7. The number of H-pyrrole nitrogens is 1. The molecule has 26 heavy (non-hydrogen) atoms. The summed E-state index contributed by atoms with van der Waals surface area (Å²) in [5, 5.41) is 26.4. The highest BCUT2D eigenvalue weighted by Gasteiger charge is 2.19. The second-order valence-corrected chi connectivity index (χ2v) is 5.23. The van der Waals surface area contributed by atoms with Crippen LogP contribution in [0.1, 0.15) is 5.56 Å². The van der Waals surface area contributed by atoms with Crippen molar-refractivity contribution in [1.82, 2.24) is 4.98 Å². The van der Waals surface area contributed by atoms with E-state index in [4.69, 9.17) is 0 Å². The van der Waals surface area contributed by atoms with Crippen molar-refractivity contribution in [2.24, 2.45) is 5.10 Å². The fraction of sp³-hybridized carbons (Fsp3) is 0. The summed E-state index contributed by atoms with van der Waals surface area (Å²) in [6, 6.07) is 11.9. The van der Waals surface area contributed by atoms with Crippen molar-refractivity contribution < 1.29 is 9.85 Å². The van der Waals surface area contributed by atoms with Crippen LogP contribution in [0, 0.1) is 20.2 Å². The standard InChI is InChI=1S/C16H11N5O5/c22-16-11(7-10-3-1-2-4-13(10)18-16)9-17-19-14-6-5-12(20(23)24)8-15(14)21(25)26/h1-9,19H,(H,18,22)/b17-9+. The Hall–Kier alpha value is -4.08. The van der Waals surface area contributed by atoms with Crippen LogP contribution in [0.15, 0.2) is 58.4 Å². The van der Waals surface area contributed by atoms with Gasteiger partial charge in [0.2, 0.25) is 0 Å². The topological polar surface area (TPSA) is 144 Å². The van der Waals surface area contributed by atoms with E-state index in [0.717, 1.165) is 17.5 Å². The number of fused-ring (bicyclic) bond motifs is 1. The van der Waals surface area contributed by atoms with Gasteiger partial charge in [-0.25, -0.2) is 0 Å². The molecule has 0 aliphatic rings. The number of nitrogens with zero attached hydrogens (tertiary/aromatic N) is 3. The quantitative estimate of drug-likeness (QED) is 0.410. The van der Waals surface area contributed by atoms with Crippen LogP contribution in [-0.2, 0) is 0 Å². The minimum absolute atomic E-state index is 0.0333. The number of rotatable bonds is 5. The molecule has 10 nitrogen and oxygen atoms in total. The van der Waals surface area contributed by atoms with Gasteiger partial charge in [-0.05, 0) is 23.6 Å². The van der Waals surface area contributed by atoms with E-state index in [2.05, 4.69) is 15.5 Å². The molecule has 2 aromatic carbocycles. The number of nitrogens with one attached hydrogen (secondary N) is 2. The smallest absolute Gasteiger partial charge is 0.301 e. The van der Waals surface area contributed by atoms with Gasteiger partial charge in [-0.2, -0.15) is 5.10 Å². The van der Waals surface area contributed by atoms with Crippen molar-refractivity contribution in [1.29, 1.82) is 0 Å². The Morgan fingerprint density at radius 3 is 2.54 bits per heavy atom. The highest BCUT2D eigenvalue weighted by Crippen LogP contribution is 2.28. The van der Waals surface area contributed by atoms with Crippen molar-refractivity contribution in [3.8, 4) is 0 Å². The van der Waals surface area contributed by atoms with Crippen molar-refractivity contribution in [2.75, 3.05) is 5.43 Å². The Kier molecular flexibility index (Phi) is 4.39. The van der Waals surface area contributed by atoms with Gasteiger partial charge in [0, 0.05) is 11.6 Å². The molecule has 130 valence electrons. The number of nitro benzene ring substituents is 2. The van der Waals surface area contributed by atoms with Gasteiger partial charge >= 0.3 is 5.69 Å². The Balaban J connectivity index is 1.89. The van der Waals surface area contributed by atoms with Crippen LogP contribution in [0.2, 0.25) is 0 Å². The molecule has 0 saturated heterocycles. The fourth-order valence-corrected chi connectivity index (χ4v) is 2.31. The lowest BCUT2D eigenvalue weighted by atomic mass is 10.2. The highest BCUT2D eigenvalue weighted by atomic mass is 16.6. The molecule has 0 aliphatic heterocycles. The summed E-state index contributed by atoms with van der Waals surface area (Å²) in [6.45, 7) is 0.